The van der Waals surface area contributed by atoms with Gasteiger partial charge in [-0.3, -0.25) is 4.40 Å². The van der Waals surface area contributed by atoms with E-state index in [4.69, 9.17) is 0 Å². The lowest BCUT2D eigenvalue weighted by Crippen LogP contribution is -2.46. The zero-order valence-electron chi connectivity index (χ0n) is 13.1. The molecule has 2 aromatic heterocycles. The molecule has 1 aliphatic heterocycles. The fourth-order valence-electron chi connectivity index (χ4n) is 2.99. The number of aryl methyl sites for hydroxylation is 1. The lowest BCUT2D eigenvalue weighted by Gasteiger charge is -2.33. The largest absolute Gasteiger partial charge is 0.349 e. The van der Waals surface area contributed by atoms with Crippen molar-refractivity contribution in [1.29, 1.82) is 0 Å². The maximum atomic E-state index is 4.58. The number of rotatable bonds is 4. The maximum Gasteiger partial charge on any atom is 0.203 e. The van der Waals surface area contributed by atoms with Crippen LogP contribution in [0.2, 0.25) is 0 Å². The van der Waals surface area contributed by atoms with Crippen LogP contribution in [0.4, 0.5) is 5.82 Å². The van der Waals surface area contributed by atoms with Gasteiger partial charge in [0, 0.05) is 31.0 Å². The van der Waals surface area contributed by atoms with Crippen LogP contribution < -0.4 is 10.2 Å². The highest BCUT2D eigenvalue weighted by molar-refractivity contribution is 5.64. The van der Waals surface area contributed by atoms with Crippen LogP contribution in [0.3, 0.4) is 0 Å². The fraction of sp³-hybridized carbons (Fsp3) is 0.667. The minimum absolute atomic E-state index is 0.379. The molecular weight excluding hydrogens is 264 g/mol. The Morgan fingerprint density at radius 3 is 2.95 bits per heavy atom. The molecule has 21 heavy (non-hydrogen) atoms. The smallest absolute Gasteiger partial charge is 0.203 e. The van der Waals surface area contributed by atoms with Crippen molar-refractivity contribution in [2.45, 2.75) is 52.1 Å². The normalized spacial score (nSPS) is 19.3. The van der Waals surface area contributed by atoms with E-state index >= 15 is 0 Å². The Labute approximate surface area is 125 Å². The molecule has 1 aliphatic rings. The van der Waals surface area contributed by atoms with Gasteiger partial charge in [0.2, 0.25) is 5.65 Å². The molecule has 6 nitrogen and oxygen atoms in total. The number of aromatic nitrogens is 4. The van der Waals surface area contributed by atoms with Crippen LogP contribution in [0.1, 0.15) is 38.9 Å². The molecule has 0 spiro atoms. The first-order valence-corrected chi connectivity index (χ1v) is 7.83. The predicted molar refractivity (Wildman–Crippen MR) is 83.6 cm³/mol. The Balaban J connectivity index is 1.91. The van der Waals surface area contributed by atoms with E-state index < -0.39 is 0 Å². The molecule has 0 amide bonds. The maximum absolute atomic E-state index is 4.58. The van der Waals surface area contributed by atoms with E-state index in [1.165, 1.54) is 19.3 Å². The van der Waals surface area contributed by atoms with Gasteiger partial charge in [-0.2, -0.15) is 0 Å². The van der Waals surface area contributed by atoms with E-state index in [1.54, 1.807) is 0 Å². The summed E-state index contributed by atoms with van der Waals surface area (Å²) in [7, 11) is 0. The Bertz CT molecular complexity index is 599. The van der Waals surface area contributed by atoms with E-state index in [0.29, 0.717) is 12.1 Å². The summed E-state index contributed by atoms with van der Waals surface area (Å²) in [5.74, 6) is 1.83. The molecule has 0 radical (unpaired) electrons. The predicted octanol–water partition coefficient (Wildman–Crippen LogP) is 1.79. The van der Waals surface area contributed by atoms with Gasteiger partial charge in [-0.15, -0.1) is 10.2 Å². The highest BCUT2D eigenvalue weighted by Gasteiger charge is 2.22. The highest BCUT2D eigenvalue weighted by Crippen LogP contribution is 2.21. The quantitative estimate of drug-likeness (QED) is 0.929. The second-order valence-electron chi connectivity index (χ2n) is 6.08. The molecule has 1 unspecified atom stereocenters. The van der Waals surface area contributed by atoms with Crippen LogP contribution in [0.15, 0.2) is 12.4 Å². The van der Waals surface area contributed by atoms with E-state index in [1.807, 2.05) is 23.7 Å². The van der Waals surface area contributed by atoms with E-state index in [2.05, 4.69) is 39.2 Å². The van der Waals surface area contributed by atoms with Crippen molar-refractivity contribution in [3.8, 4) is 0 Å². The minimum atomic E-state index is 0.379. The molecule has 0 aromatic carbocycles. The summed E-state index contributed by atoms with van der Waals surface area (Å²) >= 11 is 0. The summed E-state index contributed by atoms with van der Waals surface area (Å²) in [5.41, 5.74) is 0.847. The van der Waals surface area contributed by atoms with Gasteiger partial charge in [-0.1, -0.05) is 6.42 Å². The van der Waals surface area contributed by atoms with Crippen molar-refractivity contribution >= 4 is 11.5 Å². The average Bonchev–Trinajstić information content (AvgIpc) is 2.87. The third kappa shape index (κ3) is 2.85. The van der Waals surface area contributed by atoms with Crippen molar-refractivity contribution in [1.82, 2.24) is 24.9 Å². The van der Waals surface area contributed by atoms with Crippen molar-refractivity contribution < 1.29 is 0 Å². The van der Waals surface area contributed by atoms with Crippen molar-refractivity contribution in [2.75, 3.05) is 18.0 Å². The van der Waals surface area contributed by atoms with Crippen molar-refractivity contribution in [2.24, 2.45) is 0 Å². The molecule has 6 heteroatoms. The molecule has 1 N–H and O–H groups in total. The summed E-state index contributed by atoms with van der Waals surface area (Å²) in [6, 6.07) is 0.914. The first-order valence-electron chi connectivity index (χ1n) is 7.83. The number of nitrogens with zero attached hydrogens (tertiary/aromatic N) is 5. The Hall–Kier alpha value is -1.69. The Kier molecular flexibility index (Phi) is 4.05. The molecule has 0 aliphatic carbocycles. The molecule has 3 rings (SSSR count). The van der Waals surface area contributed by atoms with Gasteiger partial charge in [0.05, 0.1) is 0 Å². The SMILES string of the molecule is Cc1nnc2c(N(CC3CCCCN3)C(C)C)nccn12. The second kappa shape index (κ2) is 5.97. The zero-order chi connectivity index (χ0) is 14.8. The first-order chi connectivity index (χ1) is 10.2. The third-order valence-corrected chi connectivity index (χ3v) is 4.20. The van der Waals surface area contributed by atoms with Crippen molar-refractivity contribution in [3.63, 3.8) is 0 Å². The van der Waals surface area contributed by atoms with E-state index in [-0.39, 0.29) is 0 Å². The number of nitrogens with one attached hydrogen (secondary N) is 1. The molecule has 1 atom stereocenters. The van der Waals surface area contributed by atoms with Crippen LogP contribution in [0.5, 0.6) is 0 Å². The summed E-state index contributed by atoms with van der Waals surface area (Å²) in [4.78, 5) is 6.92. The molecule has 2 aromatic rings. The van der Waals surface area contributed by atoms with E-state index in [9.17, 15) is 0 Å². The summed E-state index contributed by atoms with van der Waals surface area (Å²) in [6.07, 6.45) is 7.59. The van der Waals surface area contributed by atoms with Crippen molar-refractivity contribution in [3.05, 3.63) is 18.2 Å². The highest BCUT2D eigenvalue weighted by atomic mass is 15.3. The standard InChI is InChI=1S/C15H24N6/c1-11(2)21(10-13-6-4-5-7-16-13)14-15-19-18-12(3)20(15)9-8-17-14/h8-9,11,13,16H,4-7,10H2,1-3H3. The molecular formula is C15H24N6. The van der Waals surface area contributed by atoms with Gasteiger partial charge in [0.15, 0.2) is 5.82 Å². The number of hydrogen-bond acceptors (Lipinski definition) is 5. The van der Waals surface area contributed by atoms with Crippen LogP contribution in [-0.2, 0) is 0 Å². The Morgan fingerprint density at radius 2 is 2.24 bits per heavy atom. The number of anilines is 1. The summed E-state index contributed by atoms with van der Waals surface area (Å²) in [6.45, 7) is 8.47. The van der Waals surface area contributed by atoms with Gasteiger partial charge >= 0.3 is 0 Å². The second-order valence-corrected chi connectivity index (χ2v) is 6.08. The monoisotopic (exact) mass is 288 g/mol. The van der Waals surface area contributed by atoms with Crippen LogP contribution >= 0.6 is 0 Å². The molecule has 0 bridgehead atoms. The third-order valence-electron chi connectivity index (χ3n) is 4.20. The molecule has 0 saturated carbocycles. The Morgan fingerprint density at radius 1 is 1.38 bits per heavy atom. The molecule has 1 saturated heterocycles. The lowest BCUT2D eigenvalue weighted by atomic mass is 10.0. The lowest BCUT2D eigenvalue weighted by molar-refractivity contribution is 0.393. The summed E-state index contributed by atoms with van der Waals surface area (Å²) < 4.78 is 2.01. The topological polar surface area (TPSA) is 58.4 Å². The number of fused-ring (bicyclic) bond motifs is 1. The average molecular weight is 288 g/mol. The number of hydrogen-bond donors (Lipinski definition) is 1. The van der Waals surface area contributed by atoms with E-state index in [0.717, 1.165) is 30.4 Å². The first kappa shape index (κ1) is 14.3. The van der Waals surface area contributed by atoms with Crippen LogP contribution in [-0.4, -0.2) is 44.8 Å². The van der Waals surface area contributed by atoms with Gasteiger partial charge in [0.1, 0.15) is 5.82 Å². The van der Waals surface area contributed by atoms with Gasteiger partial charge in [-0.05, 0) is 40.2 Å². The molecule has 3 heterocycles. The summed E-state index contributed by atoms with van der Waals surface area (Å²) in [5, 5.41) is 12.1. The van der Waals surface area contributed by atoms with Crippen LogP contribution in [0.25, 0.3) is 5.65 Å². The van der Waals surface area contributed by atoms with Gasteiger partial charge in [-0.25, -0.2) is 4.98 Å². The molecule has 114 valence electrons. The minimum Gasteiger partial charge on any atom is -0.349 e. The fourth-order valence-corrected chi connectivity index (χ4v) is 2.99. The van der Waals surface area contributed by atoms with Crippen LogP contribution in [0, 0.1) is 6.92 Å². The molecule has 1 fully saturated rings. The number of piperidine rings is 1. The zero-order valence-corrected chi connectivity index (χ0v) is 13.1. The van der Waals surface area contributed by atoms with Gasteiger partial charge < -0.3 is 10.2 Å². The van der Waals surface area contributed by atoms with Gasteiger partial charge in [0.25, 0.3) is 0 Å².